The van der Waals surface area contributed by atoms with E-state index in [1.807, 2.05) is 0 Å². The SMILES string of the molecule is COc1cccc(N=Nc2c3nn(C(=O)c4ccncc4)c2N(C)C(=O)N3C)c1. The van der Waals surface area contributed by atoms with E-state index in [0.29, 0.717) is 22.7 Å². The maximum absolute atomic E-state index is 13.0. The van der Waals surface area contributed by atoms with Crippen LogP contribution in [0.4, 0.5) is 27.8 Å². The quantitative estimate of drug-likeness (QED) is 0.634. The molecule has 0 saturated carbocycles. The molecule has 1 aliphatic heterocycles. The molecule has 0 atom stereocenters. The molecule has 0 spiro atoms. The Morgan fingerprint density at radius 3 is 2.55 bits per heavy atom. The first-order valence-corrected chi connectivity index (χ1v) is 8.66. The lowest BCUT2D eigenvalue weighted by Crippen LogP contribution is -2.41. The molecule has 2 bridgehead atoms. The molecule has 4 rings (SSSR count). The molecule has 2 amide bonds. The third-order valence-corrected chi connectivity index (χ3v) is 4.47. The molecule has 0 fully saturated rings. The van der Waals surface area contributed by atoms with Crippen molar-refractivity contribution in [1.29, 1.82) is 0 Å². The number of nitrogens with zero attached hydrogens (tertiary/aromatic N) is 7. The van der Waals surface area contributed by atoms with Crippen LogP contribution in [0.15, 0.2) is 59.0 Å². The average Bonchev–Trinajstić information content (AvgIpc) is 3.11. The lowest BCUT2D eigenvalue weighted by Gasteiger charge is -2.26. The topological polar surface area (TPSA) is 105 Å². The summed E-state index contributed by atoms with van der Waals surface area (Å²) < 4.78 is 6.35. The van der Waals surface area contributed by atoms with Gasteiger partial charge in [0, 0.05) is 38.1 Å². The number of urea groups is 1. The summed E-state index contributed by atoms with van der Waals surface area (Å²) in [6, 6.07) is 9.90. The van der Waals surface area contributed by atoms with Crippen LogP contribution in [-0.4, -0.2) is 47.9 Å². The molecule has 0 aliphatic carbocycles. The van der Waals surface area contributed by atoms with Crippen LogP contribution in [0.25, 0.3) is 0 Å². The van der Waals surface area contributed by atoms with Crippen molar-refractivity contribution in [2.45, 2.75) is 0 Å². The Labute approximate surface area is 166 Å². The molecule has 3 aromatic rings. The minimum absolute atomic E-state index is 0.247. The summed E-state index contributed by atoms with van der Waals surface area (Å²) in [6.45, 7) is 0. The second-order valence-corrected chi connectivity index (χ2v) is 6.25. The van der Waals surface area contributed by atoms with E-state index >= 15 is 0 Å². The van der Waals surface area contributed by atoms with Gasteiger partial charge in [0.15, 0.2) is 17.3 Å². The van der Waals surface area contributed by atoms with Gasteiger partial charge in [-0.25, -0.2) is 4.79 Å². The van der Waals surface area contributed by atoms with Crippen molar-refractivity contribution in [3.8, 4) is 5.75 Å². The van der Waals surface area contributed by atoms with Gasteiger partial charge in [0.1, 0.15) is 5.75 Å². The van der Waals surface area contributed by atoms with Crippen molar-refractivity contribution in [3.63, 3.8) is 0 Å². The normalized spacial score (nSPS) is 13.3. The number of amides is 2. The van der Waals surface area contributed by atoms with Crippen LogP contribution in [0.3, 0.4) is 0 Å². The van der Waals surface area contributed by atoms with E-state index in [0.717, 1.165) is 4.68 Å². The second-order valence-electron chi connectivity index (χ2n) is 6.25. The lowest BCUT2D eigenvalue weighted by atomic mass is 10.2. The minimum atomic E-state index is -0.401. The zero-order valence-electron chi connectivity index (χ0n) is 16.0. The van der Waals surface area contributed by atoms with Gasteiger partial charge < -0.3 is 4.74 Å². The van der Waals surface area contributed by atoms with Gasteiger partial charge >= 0.3 is 6.03 Å². The molecular weight excluding hydrogens is 374 g/mol. The molecule has 0 N–H and O–H groups in total. The molecular formula is C19H17N7O3. The van der Waals surface area contributed by atoms with Crippen LogP contribution in [0, 0.1) is 0 Å². The smallest absolute Gasteiger partial charge is 0.330 e. The van der Waals surface area contributed by atoms with Gasteiger partial charge in [0.05, 0.1) is 12.8 Å². The van der Waals surface area contributed by atoms with Crippen LogP contribution in [0.2, 0.25) is 0 Å². The van der Waals surface area contributed by atoms with E-state index < -0.39 is 5.91 Å². The summed E-state index contributed by atoms with van der Waals surface area (Å²) in [5.74, 6) is 0.733. The minimum Gasteiger partial charge on any atom is -0.497 e. The van der Waals surface area contributed by atoms with E-state index in [2.05, 4.69) is 20.3 Å². The first-order valence-electron chi connectivity index (χ1n) is 8.66. The number of carbonyl (C=O) groups excluding carboxylic acids is 2. The highest BCUT2D eigenvalue weighted by Gasteiger charge is 2.37. The largest absolute Gasteiger partial charge is 0.497 e. The van der Waals surface area contributed by atoms with Gasteiger partial charge in [-0.2, -0.15) is 9.80 Å². The summed E-state index contributed by atoms with van der Waals surface area (Å²) >= 11 is 0. The third kappa shape index (κ3) is 3.10. The molecule has 2 aromatic heterocycles. The fraction of sp³-hybridized carbons (Fsp3) is 0.158. The molecule has 0 unspecified atom stereocenters. The van der Waals surface area contributed by atoms with Crippen LogP contribution >= 0.6 is 0 Å². The van der Waals surface area contributed by atoms with Crippen LogP contribution in [0.5, 0.6) is 5.75 Å². The highest BCUT2D eigenvalue weighted by molar-refractivity contribution is 6.13. The van der Waals surface area contributed by atoms with E-state index in [9.17, 15) is 9.59 Å². The van der Waals surface area contributed by atoms with Gasteiger partial charge in [-0.15, -0.1) is 10.2 Å². The highest BCUT2D eigenvalue weighted by Crippen LogP contribution is 2.43. The van der Waals surface area contributed by atoms with Crippen LogP contribution in [0.1, 0.15) is 10.4 Å². The number of ether oxygens (including phenoxy) is 1. The van der Waals surface area contributed by atoms with Crippen molar-refractivity contribution in [3.05, 3.63) is 54.4 Å². The van der Waals surface area contributed by atoms with Gasteiger partial charge in [0.2, 0.25) is 0 Å². The third-order valence-electron chi connectivity index (χ3n) is 4.47. The first-order chi connectivity index (χ1) is 14.0. The Morgan fingerprint density at radius 2 is 1.83 bits per heavy atom. The second kappa shape index (κ2) is 7.15. The summed E-state index contributed by atoms with van der Waals surface area (Å²) in [7, 11) is 4.69. The summed E-state index contributed by atoms with van der Waals surface area (Å²) in [4.78, 5) is 32.0. The summed E-state index contributed by atoms with van der Waals surface area (Å²) in [5.41, 5.74) is 1.27. The molecule has 0 radical (unpaired) electrons. The Kier molecular flexibility index (Phi) is 4.51. The predicted octanol–water partition coefficient (Wildman–Crippen LogP) is 3.40. The number of aromatic nitrogens is 3. The molecule has 3 heterocycles. The van der Waals surface area contributed by atoms with Crippen molar-refractivity contribution in [1.82, 2.24) is 14.8 Å². The molecule has 1 aliphatic rings. The van der Waals surface area contributed by atoms with Gasteiger partial charge in [-0.1, -0.05) is 6.07 Å². The number of hydrogen-bond acceptors (Lipinski definition) is 7. The standard InChI is InChI=1S/C19H17N7O3/c1-24-16-15(22-21-13-5-4-6-14(11-13)29-3)17(25(2)19(24)28)26(23-16)18(27)12-7-9-20-10-8-12/h4-11H,1-3H3. The van der Waals surface area contributed by atoms with Crippen molar-refractivity contribution in [2.24, 2.45) is 10.2 Å². The van der Waals surface area contributed by atoms with Crippen molar-refractivity contribution < 1.29 is 14.3 Å². The monoisotopic (exact) mass is 391 g/mol. The molecule has 146 valence electrons. The zero-order valence-corrected chi connectivity index (χ0v) is 16.0. The molecule has 0 saturated heterocycles. The van der Waals surface area contributed by atoms with E-state index in [4.69, 9.17) is 4.74 Å². The first kappa shape index (κ1) is 18.3. The average molecular weight is 391 g/mol. The van der Waals surface area contributed by atoms with Crippen LogP contribution in [-0.2, 0) is 0 Å². The molecule has 1 aromatic carbocycles. The predicted molar refractivity (Wildman–Crippen MR) is 106 cm³/mol. The Hall–Kier alpha value is -4.08. The Bertz CT molecular complexity index is 1120. The zero-order chi connectivity index (χ0) is 20.5. The maximum atomic E-state index is 13.0. The lowest BCUT2D eigenvalue weighted by molar-refractivity contribution is 0.0947. The van der Waals surface area contributed by atoms with Gasteiger partial charge in [-0.3, -0.25) is 19.6 Å². The summed E-state index contributed by atoms with van der Waals surface area (Å²) in [6.07, 6.45) is 3.03. The number of pyridine rings is 1. The number of methoxy groups -OCH3 is 1. The van der Waals surface area contributed by atoms with E-state index in [1.165, 1.54) is 22.2 Å². The Balaban J connectivity index is 1.81. The fourth-order valence-corrected chi connectivity index (χ4v) is 2.95. The van der Waals surface area contributed by atoms with Crippen LogP contribution < -0.4 is 14.5 Å². The molecule has 10 nitrogen and oxygen atoms in total. The van der Waals surface area contributed by atoms with Gasteiger partial charge in [-0.05, 0) is 24.3 Å². The molecule has 10 heteroatoms. The fourth-order valence-electron chi connectivity index (χ4n) is 2.95. The number of fused-ring (bicyclic) bond motifs is 2. The number of hydrogen-bond donors (Lipinski definition) is 0. The number of azo groups is 1. The van der Waals surface area contributed by atoms with Crippen molar-refractivity contribution >= 4 is 34.9 Å². The highest BCUT2D eigenvalue weighted by atomic mass is 16.5. The number of carbonyl (C=O) groups is 2. The van der Waals surface area contributed by atoms with E-state index in [1.54, 1.807) is 57.6 Å². The van der Waals surface area contributed by atoms with Gasteiger partial charge in [0.25, 0.3) is 5.91 Å². The number of rotatable bonds is 4. The number of anilines is 2. The van der Waals surface area contributed by atoms with Crippen molar-refractivity contribution in [2.75, 3.05) is 31.0 Å². The maximum Gasteiger partial charge on any atom is 0.330 e. The molecule has 29 heavy (non-hydrogen) atoms. The summed E-state index contributed by atoms with van der Waals surface area (Å²) in [5, 5.41) is 12.9. The Morgan fingerprint density at radius 1 is 1.07 bits per heavy atom. The van der Waals surface area contributed by atoms with E-state index in [-0.39, 0.29) is 17.7 Å². The number of benzene rings is 1.